The van der Waals surface area contributed by atoms with Crippen molar-refractivity contribution in [3.63, 3.8) is 0 Å². The van der Waals surface area contributed by atoms with Crippen molar-refractivity contribution in [1.82, 2.24) is 10.3 Å². The largest absolute Gasteiger partial charge is 0.347 e. The lowest BCUT2D eigenvalue weighted by Crippen LogP contribution is -2.40. The average molecular weight is 318 g/mol. The summed E-state index contributed by atoms with van der Waals surface area (Å²) in [6, 6.07) is 17.8. The first-order valence-electron chi connectivity index (χ1n) is 8.13. The topological polar surface area (TPSA) is 42.0 Å². The van der Waals surface area contributed by atoms with Crippen molar-refractivity contribution in [3.05, 3.63) is 65.7 Å². The second-order valence-corrected chi connectivity index (χ2v) is 7.14. The summed E-state index contributed by atoms with van der Waals surface area (Å²) in [5, 5.41) is 3.92. The van der Waals surface area contributed by atoms with Crippen LogP contribution in [0.1, 0.15) is 36.7 Å². The molecule has 2 aromatic carbocycles. The molecule has 3 nitrogen and oxygen atoms in total. The molecule has 0 saturated carbocycles. The van der Waals surface area contributed by atoms with Crippen LogP contribution in [0.15, 0.2) is 54.6 Å². The molecule has 1 amide bonds. The van der Waals surface area contributed by atoms with E-state index in [1.165, 1.54) is 5.56 Å². The van der Waals surface area contributed by atoms with Crippen LogP contribution in [0, 0.1) is 6.92 Å². The van der Waals surface area contributed by atoms with Gasteiger partial charge < -0.3 is 5.32 Å². The molecule has 0 aliphatic carbocycles. The number of pyridine rings is 1. The van der Waals surface area contributed by atoms with Crippen LogP contribution in [-0.4, -0.2) is 16.4 Å². The number of benzene rings is 2. The number of aryl methyl sites for hydroxylation is 1. The van der Waals surface area contributed by atoms with Crippen LogP contribution in [0.5, 0.6) is 0 Å². The summed E-state index contributed by atoms with van der Waals surface area (Å²) in [6.07, 6.45) is 0. The monoisotopic (exact) mass is 318 g/mol. The van der Waals surface area contributed by atoms with Crippen LogP contribution in [0.2, 0.25) is 0 Å². The van der Waals surface area contributed by atoms with E-state index in [0.29, 0.717) is 5.56 Å². The van der Waals surface area contributed by atoms with E-state index < -0.39 is 0 Å². The van der Waals surface area contributed by atoms with E-state index >= 15 is 0 Å². The highest BCUT2D eigenvalue weighted by atomic mass is 16.1. The molecule has 0 unspecified atom stereocenters. The van der Waals surface area contributed by atoms with E-state index in [4.69, 9.17) is 4.98 Å². The maximum Gasteiger partial charge on any atom is 0.252 e. The second-order valence-electron chi connectivity index (χ2n) is 7.14. The van der Waals surface area contributed by atoms with Crippen molar-refractivity contribution in [2.75, 3.05) is 0 Å². The Hall–Kier alpha value is -2.68. The minimum absolute atomic E-state index is 0.0746. The second kappa shape index (κ2) is 6.08. The third-order valence-electron chi connectivity index (χ3n) is 3.80. The van der Waals surface area contributed by atoms with Gasteiger partial charge >= 0.3 is 0 Å². The van der Waals surface area contributed by atoms with E-state index in [-0.39, 0.29) is 11.4 Å². The minimum atomic E-state index is -0.286. The molecular formula is C21H22N2O. The number of nitrogens with zero attached hydrogens (tertiary/aromatic N) is 1. The fraction of sp³-hybridized carbons (Fsp3) is 0.238. The Morgan fingerprint density at radius 3 is 2.33 bits per heavy atom. The molecule has 3 aromatic rings. The van der Waals surface area contributed by atoms with Gasteiger partial charge in [0.25, 0.3) is 5.91 Å². The van der Waals surface area contributed by atoms with Crippen LogP contribution in [-0.2, 0) is 0 Å². The molecule has 1 heterocycles. The summed E-state index contributed by atoms with van der Waals surface area (Å²) in [6.45, 7) is 8.00. The Bertz CT molecular complexity index is 890. The molecule has 0 spiro atoms. The number of amides is 1. The van der Waals surface area contributed by atoms with Gasteiger partial charge in [-0.15, -0.1) is 0 Å². The highest BCUT2D eigenvalue weighted by molar-refractivity contribution is 6.07. The van der Waals surface area contributed by atoms with Gasteiger partial charge in [-0.25, -0.2) is 4.98 Å². The maximum absolute atomic E-state index is 12.8. The summed E-state index contributed by atoms with van der Waals surface area (Å²) in [7, 11) is 0. The molecule has 1 aromatic heterocycles. The molecular weight excluding hydrogens is 296 g/mol. The summed E-state index contributed by atoms with van der Waals surface area (Å²) >= 11 is 0. The lowest BCUT2D eigenvalue weighted by Gasteiger charge is -2.21. The van der Waals surface area contributed by atoms with E-state index in [0.717, 1.165) is 22.2 Å². The quantitative estimate of drug-likeness (QED) is 0.741. The number of nitrogens with one attached hydrogen (secondary N) is 1. The van der Waals surface area contributed by atoms with Crippen molar-refractivity contribution >= 4 is 16.8 Å². The fourth-order valence-electron chi connectivity index (χ4n) is 2.64. The van der Waals surface area contributed by atoms with Crippen molar-refractivity contribution in [2.45, 2.75) is 33.2 Å². The van der Waals surface area contributed by atoms with Gasteiger partial charge in [0, 0.05) is 16.5 Å². The smallest absolute Gasteiger partial charge is 0.252 e. The third-order valence-corrected chi connectivity index (χ3v) is 3.80. The van der Waals surface area contributed by atoms with Gasteiger partial charge in [-0.1, -0.05) is 48.0 Å². The molecule has 3 heteroatoms. The zero-order valence-electron chi connectivity index (χ0n) is 14.6. The van der Waals surface area contributed by atoms with Gasteiger partial charge in [-0.2, -0.15) is 0 Å². The molecule has 0 fully saturated rings. The van der Waals surface area contributed by atoms with Crippen LogP contribution < -0.4 is 5.32 Å². The van der Waals surface area contributed by atoms with Gasteiger partial charge in [0.05, 0.1) is 16.8 Å². The SMILES string of the molecule is Cc1ccc(-c2cc(C(=O)NC(C)(C)C)c3ccccc3n2)cc1. The lowest BCUT2D eigenvalue weighted by atomic mass is 10.0. The predicted octanol–water partition coefficient (Wildman–Crippen LogP) is 4.74. The first-order valence-corrected chi connectivity index (χ1v) is 8.13. The predicted molar refractivity (Wildman–Crippen MR) is 99.1 cm³/mol. The summed E-state index contributed by atoms with van der Waals surface area (Å²) in [4.78, 5) is 17.5. The number of carbonyl (C=O) groups excluding carboxylic acids is 1. The molecule has 3 rings (SSSR count). The van der Waals surface area contributed by atoms with Gasteiger partial charge in [0.15, 0.2) is 0 Å². The van der Waals surface area contributed by atoms with Gasteiger partial charge in [-0.05, 0) is 39.8 Å². The summed E-state index contributed by atoms with van der Waals surface area (Å²) in [5.74, 6) is -0.0746. The zero-order valence-corrected chi connectivity index (χ0v) is 14.6. The van der Waals surface area contributed by atoms with Crippen LogP contribution in [0.4, 0.5) is 0 Å². The summed E-state index contributed by atoms with van der Waals surface area (Å²) < 4.78 is 0. The summed E-state index contributed by atoms with van der Waals surface area (Å²) in [5.41, 5.74) is 4.22. The lowest BCUT2D eigenvalue weighted by molar-refractivity contribution is 0.0921. The van der Waals surface area contributed by atoms with Crippen LogP contribution >= 0.6 is 0 Å². The number of fused-ring (bicyclic) bond motifs is 1. The van der Waals surface area contributed by atoms with Crippen molar-refractivity contribution in [3.8, 4) is 11.3 Å². The average Bonchev–Trinajstić information content (AvgIpc) is 2.53. The standard InChI is InChI=1S/C21H22N2O/c1-14-9-11-15(12-10-14)19-13-17(20(24)23-21(2,3)4)16-7-5-6-8-18(16)22-19/h5-13H,1-4H3,(H,23,24). The zero-order chi connectivity index (χ0) is 17.3. The van der Waals surface area contributed by atoms with Crippen LogP contribution in [0.3, 0.4) is 0 Å². The van der Waals surface area contributed by atoms with Crippen LogP contribution in [0.25, 0.3) is 22.2 Å². The molecule has 0 bridgehead atoms. The Labute approximate surface area is 142 Å². The molecule has 0 aliphatic rings. The Morgan fingerprint density at radius 2 is 1.67 bits per heavy atom. The van der Waals surface area contributed by atoms with Crippen molar-refractivity contribution in [2.24, 2.45) is 0 Å². The molecule has 0 saturated heterocycles. The highest BCUT2D eigenvalue weighted by Gasteiger charge is 2.18. The van der Waals surface area contributed by atoms with E-state index in [1.54, 1.807) is 0 Å². The van der Waals surface area contributed by atoms with Crippen molar-refractivity contribution in [1.29, 1.82) is 0 Å². The highest BCUT2D eigenvalue weighted by Crippen LogP contribution is 2.25. The number of hydrogen-bond acceptors (Lipinski definition) is 2. The van der Waals surface area contributed by atoms with Crippen molar-refractivity contribution < 1.29 is 4.79 Å². The fourth-order valence-corrected chi connectivity index (χ4v) is 2.64. The van der Waals surface area contributed by atoms with Gasteiger partial charge in [0.2, 0.25) is 0 Å². The number of para-hydroxylation sites is 1. The molecule has 0 atom stereocenters. The maximum atomic E-state index is 12.8. The molecule has 0 aliphatic heterocycles. The van der Waals surface area contributed by atoms with E-state index in [9.17, 15) is 4.79 Å². The molecule has 24 heavy (non-hydrogen) atoms. The Kier molecular flexibility index (Phi) is 4.10. The normalized spacial score (nSPS) is 11.5. The number of hydrogen-bond donors (Lipinski definition) is 1. The molecule has 1 N–H and O–H groups in total. The minimum Gasteiger partial charge on any atom is -0.347 e. The number of rotatable bonds is 2. The number of carbonyl (C=O) groups is 1. The Morgan fingerprint density at radius 1 is 1.00 bits per heavy atom. The Balaban J connectivity index is 2.16. The number of aromatic nitrogens is 1. The first-order chi connectivity index (χ1) is 11.3. The first kappa shape index (κ1) is 16.2. The van der Waals surface area contributed by atoms with Gasteiger partial charge in [0.1, 0.15) is 0 Å². The third kappa shape index (κ3) is 3.46. The van der Waals surface area contributed by atoms with E-state index in [1.807, 2.05) is 63.2 Å². The van der Waals surface area contributed by atoms with Gasteiger partial charge in [-0.3, -0.25) is 4.79 Å². The van der Waals surface area contributed by atoms with E-state index in [2.05, 4.69) is 24.4 Å². The molecule has 122 valence electrons. The molecule has 0 radical (unpaired) electrons.